The van der Waals surface area contributed by atoms with E-state index in [1.165, 1.54) is 38.5 Å². The van der Waals surface area contributed by atoms with Gasteiger partial charge >= 0.3 is 0 Å². The minimum atomic E-state index is 0.101. The van der Waals surface area contributed by atoms with Crippen molar-refractivity contribution in [2.75, 3.05) is 20.3 Å². The van der Waals surface area contributed by atoms with Crippen LogP contribution in [-0.4, -0.2) is 31.9 Å². The topological polar surface area (TPSA) is 115 Å². The van der Waals surface area contributed by atoms with Crippen LogP contribution in [0, 0.1) is 5.92 Å². The smallest absolute Gasteiger partial charge is 0.211 e. The number of rotatable bonds is 7. The van der Waals surface area contributed by atoms with Crippen LogP contribution in [-0.2, 0) is 9.53 Å². The van der Waals surface area contributed by atoms with Gasteiger partial charge in [0.05, 0.1) is 6.61 Å². The lowest BCUT2D eigenvalue weighted by Gasteiger charge is -2.17. The molecule has 0 aromatic rings. The number of carbonyl (C=O) groups excluding carboxylic acids is 1. The van der Waals surface area contributed by atoms with Crippen LogP contribution < -0.4 is 22.1 Å². The molecular weight excluding hydrogens is 366 g/mol. The van der Waals surface area contributed by atoms with Crippen molar-refractivity contribution in [3.8, 4) is 0 Å². The molecule has 0 aromatic carbocycles. The highest BCUT2D eigenvalue weighted by Crippen LogP contribution is 2.23. The number of nitrogens with zero attached hydrogens (tertiary/aromatic N) is 1. The SMILES string of the molecule is CNC(=N/CNC1=C/C/C=C/C(=O)C/C=C\1)/C(N)=C(\N)OCC1CCCCCC1. The van der Waals surface area contributed by atoms with Gasteiger partial charge in [-0.05, 0) is 37.3 Å². The molecule has 29 heavy (non-hydrogen) atoms. The second-order valence-corrected chi connectivity index (χ2v) is 7.41. The molecule has 0 spiro atoms. The molecule has 0 amide bonds. The first-order valence-electron chi connectivity index (χ1n) is 10.5. The van der Waals surface area contributed by atoms with Gasteiger partial charge in [-0.1, -0.05) is 43.9 Å². The Bertz CT molecular complexity index is 683. The van der Waals surface area contributed by atoms with Crippen molar-refractivity contribution in [3.63, 3.8) is 0 Å². The van der Waals surface area contributed by atoms with Gasteiger partial charge in [0.25, 0.3) is 0 Å². The van der Waals surface area contributed by atoms with Crippen molar-refractivity contribution >= 4 is 11.6 Å². The predicted octanol–water partition coefficient (Wildman–Crippen LogP) is 2.58. The summed E-state index contributed by atoms with van der Waals surface area (Å²) in [4.78, 5) is 15.9. The van der Waals surface area contributed by atoms with Crippen molar-refractivity contribution in [2.24, 2.45) is 22.4 Å². The van der Waals surface area contributed by atoms with Crippen LogP contribution in [0.2, 0.25) is 0 Å². The summed E-state index contributed by atoms with van der Waals surface area (Å²) >= 11 is 0. The zero-order valence-corrected chi connectivity index (χ0v) is 17.5. The second-order valence-electron chi connectivity index (χ2n) is 7.41. The molecule has 6 N–H and O–H groups in total. The number of nitrogens with one attached hydrogen (secondary N) is 2. The van der Waals surface area contributed by atoms with Gasteiger partial charge in [-0.25, -0.2) is 4.99 Å². The van der Waals surface area contributed by atoms with Gasteiger partial charge in [0.2, 0.25) is 5.88 Å². The minimum absolute atomic E-state index is 0.101. The Morgan fingerprint density at radius 3 is 2.66 bits per heavy atom. The highest BCUT2D eigenvalue weighted by molar-refractivity contribution is 5.97. The first kappa shape index (κ1) is 22.6. The molecular formula is C22H35N5O2. The number of hydrogen-bond donors (Lipinski definition) is 4. The van der Waals surface area contributed by atoms with E-state index in [0.717, 1.165) is 5.70 Å². The third-order valence-corrected chi connectivity index (χ3v) is 5.12. The number of ether oxygens (including phenoxy) is 1. The molecule has 0 aliphatic heterocycles. The highest BCUT2D eigenvalue weighted by atomic mass is 16.5. The fourth-order valence-electron chi connectivity index (χ4n) is 3.41. The molecule has 2 rings (SSSR count). The Labute approximate surface area is 174 Å². The fourth-order valence-corrected chi connectivity index (χ4v) is 3.41. The zero-order chi connectivity index (χ0) is 20.9. The summed E-state index contributed by atoms with van der Waals surface area (Å²) in [6.45, 7) is 0.923. The molecule has 160 valence electrons. The molecule has 0 unspecified atom stereocenters. The van der Waals surface area contributed by atoms with Gasteiger partial charge < -0.3 is 26.8 Å². The molecule has 7 nitrogen and oxygen atoms in total. The summed E-state index contributed by atoms with van der Waals surface area (Å²) in [5, 5.41) is 6.20. The fraction of sp³-hybridized carbons (Fsp3) is 0.545. The van der Waals surface area contributed by atoms with Gasteiger partial charge in [0.15, 0.2) is 11.6 Å². The summed E-state index contributed by atoms with van der Waals surface area (Å²) < 4.78 is 5.76. The summed E-state index contributed by atoms with van der Waals surface area (Å²) in [6.07, 6.45) is 17.8. The van der Waals surface area contributed by atoms with Crippen LogP contribution in [0.15, 0.2) is 52.6 Å². The van der Waals surface area contributed by atoms with Gasteiger partial charge in [0, 0.05) is 19.2 Å². The van der Waals surface area contributed by atoms with Crippen molar-refractivity contribution in [2.45, 2.75) is 51.4 Å². The molecule has 2 aliphatic rings. The number of nitrogens with two attached hydrogens (primary N) is 2. The molecule has 2 aliphatic carbocycles. The zero-order valence-electron chi connectivity index (χ0n) is 17.5. The van der Waals surface area contributed by atoms with Crippen LogP contribution >= 0.6 is 0 Å². The van der Waals surface area contributed by atoms with Gasteiger partial charge in [0.1, 0.15) is 12.4 Å². The number of ketones is 1. The van der Waals surface area contributed by atoms with Crippen LogP contribution in [0.5, 0.6) is 0 Å². The number of likely N-dealkylation sites (N-methyl/N-ethyl adjacent to an activating group) is 1. The lowest BCUT2D eigenvalue weighted by molar-refractivity contribution is -0.113. The number of allylic oxidation sites excluding steroid dienone is 5. The lowest BCUT2D eigenvalue weighted by atomic mass is 10.0. The quantitative estimate of drug-likeness (QED) is 0.226. The monoisotopic (exact) mass is 401 g/mol. The molecule has 0 atom stereocenters. The van der Waals surface area contributed by atoms with Crippen LogP contribution in [0.25, 0.3) is 0 Å². The number of carbonyl (C=O) groups is 1. The van der Waals surface area contributed by atoms with Crippen molar-refractivity contribution < 1.29 is 9.53 Å². The Balaban J connectivity index is 1.90. The molecule has 1 fully saturated rings. The third kappa shape index (κ3) is 8.46. The average molecular weight is 402 g/mol. The van der Waals surface area contributed by atoms with E-state index < -0.39 is 0 Å². The maximum atomic E-state index is 11.5. The first-order chi connectivity index (χ1) is 14.1. The van der Waals surface area contributed by atoms with Crippen LogP contribution in [0.1, 0.15) is 51.4 Å². The Morgan fingerprint density at radius 2 is 1.93 bits per heavy atom. The van der Waals surface area contributed by atoms with E-state index in [4.69, 9.17) is 16.2 Å². The van der Waals surface area contributed by atoms with E-state index in [2.05, 4.69) is 15.6 Å². The molecule has 0 bridgehead atoms. The molecule has 0 saturated heterocycles. The normalized spacial score (nSPS) is 24.0. The van der Waals surface area contributed by atoms with Crippen LogP contribution in [0.4, 0.5) is 0 Å². The summed E-state index contributed by atoms with van der Waals surface area (Å²) in [7, 11) is 1.75. The van der Waals surface area contributed by atoms with Crippen molar-refractivity contribution in [1.29, 1.82) is 0 Å². The summed E-state index contributed by atoms with van der Waals surface area (Å²) in [6, 6.07) is 0. The minimum Gasteiger partial charge on any atom is -0.478 e. The van der Waals surface area contributed by atoms with Crippen LogP contribution in [0.3, 0.4) is 0 Å². The van der Waals surface area contributed by atoms with Crippen molar-refractivity contribution in [1.82, 2.24) is 10.6 Å². The molecule has 7 heteroatoms. The van der Waals surface area contributed by atoms with E-state index in [1.54, 1.807) is 13.1 Å². The predicted molar refractivity (Wildman–Crippen MR) is 118 cm³/mol. The van der Waals surface area contributed by atoms with E-state index in [0.29, 0.717) is 43.6 Å². The van der Waals surface area contributed by atoms with E-state index in [9.17, 15) is 4.79 Å². The number of amidine groups is 1. The van der Waals surface area contributed by atoms with Gasteiger partial charge in [-0.15, -0.1) is 0 Å². The average Bonchev–Trinajstić information content (AvgIpc) is 2.94. The molecule has 0 radical (unpaired) electrons. The van der Waals surface area contributed by atoms with Gasteiger partial charge in [-0.2, -0.15) is 0 Å². The summed E-state index contributed by atoms with van der Waals surface area (Å²) in [5.41, 5.74) is 13.4. The molecule has 0 aromatic heterocycles. The number of hydrogen-bond acceptors (Lipinski definition) is 6. The Hall–Kier alpha value is -2.70. The van der Waals surface area contributed by atoms with Crippen molar-refractivity contribution in [3.05, 3.63) is 47.7 Å². The Morgan fingerprint density at radius 1 is 1.17 bits per heavy atom. The summed E-state index contributed by atoms with van der Waals surface area (Å²) in [5.74, 6) is 1.35. The largest absolute Gasteiger partial charge is 0.478 e. The van der Waals surface area contributed by atoms with E-state index in [1.807, 2.05) is 24.3 Å². The number of aliphatic imine (C=N–C) groups is 1. The Kier molecular flexibility index (Phi) is 9.89. The first-order valence-corrected chi connectivity index (χ1v) is 10.5. The maximum absolute atomic E-state index is 11.5. The molecule has 1 saturated carbocycles. The van der Waals surface area contributed by atoms with Gasteiger partial charge in [-0.3, -0.25) is 4.79 Å². The second kappa shape index (κ2) is 12.7. The maximum Gasteiger partial charge on any atom is 0.211 e. The third-order valence-electron chi connectivity index (χ3n) is 5.12. The standard InChI is InChI=1S/C22H35N5O2/c1-25-22(20(23)21(24)29-15-17-9-4-2-3-5-10-17)27-16-26-18-11-6-7-13-19(28)14-8-12-18/h7-8,11-13,17,26H,2-6,9-10,14-16,23-24H2,1H3,(H,25,27)/b12-8-,13-7+,18-11+,21-20-. The van der Waals surface area contributed by atoms with E-state index >= 15 is 0 Å². The highest BCUT2D eigenvalue weighted by Gasteiger charge is 2.14. The molecule has 0 heterocycles. The van der Waals surface area contributed by atoms with E-state index in [-0.39, 0.29) is 11.7 Å². The lowest BCUT2D eigenvalue weighted by Crippen LogP contribution is -2.31.